The summed E-state index contributed by atoms with van der Waals surface area (Å²) in [4.78, 5) is 13.7. The fourth-order valence-electron chi connectivity index (χ4n) is 1.91. The van der Waals surface area contributed by atoms with E-state index in [9.17, 15) is 18.0 Å². The van der Waals surface area contributed by atoms with Crippen molar-refractivity contribution in [3.63, 3.8) is 0 Å². The number of alkyl halides is 3. The van der Waals surface area contributed by atoms with Gasteiger partial charge < -0.3 is 9.64 Å². The van der Waals surface area contributed by atoms with Crippen molar-refractivity contribution < 1.29 is 22.7 Å². The highest BCUT2D eigenvalue weighted by Crippen LogP contribution is 2.36. The van der Waals surface area contributed by atoms with Gasteiger partial charge in [0.25, 0.3) is 11.1 Å². The molecular weight excluding hydrogens is 367 g/mol. The molecule has 0 unspecified atom stereocenters. The van der Waals surface area contributed by atoms with Gasteiger partial charge in [0.2, 0.25) is 5.01 Å². The summed E-state index contributed by atoms with van der Waals surface area (Å²) >= 11 is 5.29. The molecule has 130 valence electrons. The van der Waals surface area contributed by atoms with Crippen molar-refractivity contribution >= 4 is 34.5 Å². The number of carbonyl (C=O) groups is 1. The van der Waals surface area contributed by atoms with E-state index in [0.29, 0.717) is 17.0 Å². The number of anilines is 1. The van der Waals surface area contributed by atoms with Crippen LogP contribution >= 0.6 is 22.9 Å². The molecule has 1 heterocycles. The van der Waals surface area contributed by atoms with Gasteiger partial charge in [-0.05, 0) is 49.7 Å². The molecule has 0 bridgehead atoms. The molecule has 0 fully saturated rings. The standard InChI is InChI=1S/C14H13ClF3N3O2S/c1-8(2)21(10-5-3-9(16)4-6-10)11(22)7-23-13-20-19-12(24-13)14(15,17)18/h3-6,8H,7H2,1-2H3. The monoisotopic (exact) mass is 379 g/mol. The second-order valence-corrected chi connectivity index (χ2v) is 6.41. The first-order valence-corrected chi connectivity index (χ1v) is 7.99. The van der Waals surface area contributed by atoms with Gasteiger partial charge >= 0.3 is 5.38 Å². The average Bonchev–Trinajstić information content (AvgIpc) is 2.96. The van der Waals surface area contributed by atoms with Crippen LogP contribution in [0.5, 0.6) is 5.19 Å². The number of carbonyl (C=O) groups excluding carboxylic acids is 1. The summed E-state index contributed by atoms with van der Waals surface area (Å²) in [5.74, 6) is -0.861. The third-order valence-electron chi connectivity index (χ3n) is 2.86. The molecule has 1 amide bonds. The van der Waals surface area contributed by atoms with Gasteiger partial charge in [0.15, 0.2) is 6.61 Å². The van der Waals surface area contributed by atoms with Gasteiger partial charge in [-0.2, -0.15) is 8.78 Å². The van der Waals surface area contributed by atoms with Crippen molar-refractivity contribution in [1.29, 1.82) is 0 Å². The number of halogens is 4. The van der Waals surface area contributed by atoms with E-state index in [1.807, 2.05) is 0 Å². The van der Waals surface area contributed by atoms with Gasteiger partial charge in [-0.25, -0.2) is 4.39 Å². The third kappa shape index (κ3) is 4.57. The van der Waals surface area contributed by atoms with E-state index in [-0.39, 0.29) is 11.2 Å². The van der Waals surface area contributed by atoms with E-state index in [2.05, 4.69) is 10.2 Å². The number of aromatic nitrogens is 2. The van der Waals surface area contributed by atoms with E-state index in [1.54, 1.807) is 13.8 Å². The Bertz CT molecular complexity index is 704. The van der Waals surface area contributed by atoms with Crippen molar-refractivity contribution in [2.75, 3.05) is 11.5 Å². The lowest BCUT2D eigenvalue weighted by Crippen LogP contribution is -2.40. The quantitative estimate of drug-likeness (QED) is 0.717. The number of rotatable bonds is 6. The minimum Gasteiger partial charge on any atom is -0.459 e. The molecule has 0 atom stereocenters. The first-order valence-electron chi connectivity index (χ1n) is 6.79. The topological polar surface area (TPSA) is 55.3 Å². The maximum Gasteiger partial charge on any atom is 0.376 e. The van der Waals surface area contributed by atoms with E-state index in [0.717, 1.165) is 0 Å². The van der Waals surface area contributed by atoms with Gasteiger partial charge in [0.1, 0.15) is 5.82 Å². The fraction of sp³-hybridized carbons (Fsp3) is 0.357. The van der Waals surface area contributed by atoms with Crippen LogP contribution in [0, 0.1) is 5.82 Å². The maximum absolute atomic E-state index is 13.0. The molecule has 0 aliphatic carbocycles. The van der Waals surface area contributed by atoms with Crippen LogP contribution in [-0.4, -0.2) is 28.8 Å². The third-order valence-corrected chi connectivity index (χ3v) is 4.05. The largest absolute Gasteiger partial charge is 0.459 e. The minimum atomic E-state index is -3.64. The second-order valence-electron chi connectivity index (χ2n) is 4.99. The molecule has 5 nitrogen and oxygen atoms in total. The molecular formula is C14H13ClF3N3O2S. The lowest BCUT2D eigenvalue weighted by Gasteiger charge is -2.26. The van der Waals surface area contributed by atoms with Crippen LogP contribution in [-0.2, 0) is 10.2 Å². The summed E-state index contributed by atoms with van der Waals surface area (Å²) in [5.41, 5.74) is 0.491. The smallest absolute Gasteiger partial charge is 0.376 e. The molecule has 0 saturated heterocycles. The highest BCUT2D eigenvalue weighted by Gasteiger charge is 2.33. The Balaban J connectivity index is 2.06. The fourth-order valence-corrected chi connectivity index (χ4v) is 2.62. The van der Waals surface area contributed by atoms with Crippen LogP contribution < -0.4 is 9.64 Å². The van der Waals surface area contributed by atoms with Crippen molar-refractivity contribution in [3.8, 4) is 5.19 Å². The first kappa shape index (κ1) is 18.5. The first-order chi connectivity index (χ1) is 11.2. The van der Waals surface area contributed by atoms with E-state index >= 15 is 0 Å². The molecule has 0 N–H and O–H groups in total. The van der Waals surface area contributed by atoms with Crippen LogP contribution in [0.15, 0.2) is 24.3 Å². The number of hydrogen-bond donors (Lipinski definition) is 0. The Morgan fingerprint density at radius 3 is 2.46 bits per heavy atom. The highest BCUT2D eigenvalue weighted by molar-refractivity contribution is 7.13. The maximum atomic E-state index is 13.0. The van der Waals surface area contributed by atoms with Crippen molar-refractivity contribution in [2.45, 2.75) is 25.3 Å². The molecule has 2 aromatic rings. The van der Waals surface area contributed by atoms with Crippen molar-refractivity contribution in [1.82, 2.24) is 10.2 Å². The van der Waals surface area contributed by atoms with Crippen LogP contribution in [0.3, 0.4) is 0 Å². The Morgan fingerprint density at radius 2 is 1.96 bits per heavy atom. The van der Waals surface area contributed by atoms with Crippen LogP contribution in [0.25, 0.3) is 0 Å². The Morgan fingerprint density at radius 1 is 1.33 bits per heavy atom. The summed E-state index contributed by atoms with van der Waals surface area (Å²) in [6.45, 7) is 3.12. The summed E-state index contributed by atoms with van der Waals surface area (Å²) in [6.07, 6.45) is 0. The predicted octanol–water partition coefficient (Wildman–Crippen LogP) is 3.79. The number of nitrogens with zero attached hydrogens (tertiary/aromatic N) is 3. The van der Waals surface area contributed by atoms with Gasteiger partial charge in [0.05, 0.1) is 0 Å². The molecule has 2 rings (SSSR count). The van der Waals surface area contributed by atoms with Gasteiger partial charge in [-0.1, -0.05) is 16.4 Å². The summed E-state index contributed by atoms with van der Waals surface area (Å²) < 4.78 is 43.8. The Hall–Kier alpha value is -1.87. The normalized spacial score (nSPS) is 11.6. The molecule has 24 heavy (non-hydrogen) atoms. The zero-order valence-electron chi connectivity index (χ0n) is 12.7. The van der Waals surface area contributed by atoms with Crippen LogP contribution in [0.1, 0.15) is 18.9 Å². The number of amides is 1. The van der Waals surface area contributed by atoms with E-state index in [4.69, 9.17) is 16.3 Å². The molecule has 0 aliphatic heterocycles. The van der Waals surface area contributed by atoms with E-state index < -0.39 is 28.7 Å². The molecule has 0 spiro atoms. The Labute approximate surface area is 145 Å². The number of benzene rings is 1. The van der Waals surface area contributed by atoms with E-state index in [1.165, 1.54) is 29.2 Å². The summed E-state index contributed by atoms with van der Waals surface area (Å²) in [5, 5.41) is 2.07. The van der Waals surface area contributed by atoms with Gasteiger partial charge in [-0.15, -0.1) is 5.10 Å². The second kappa shape index (κ2) is 7.35. The predicted molar refractivity (Wildman–Crippen MR) is 84.2 cm³/mol. The lowest BCUT2D eigenvalue weighted by atomic mass is 10.2. The molecule has 10 heteroatoms. The van der Waals surface area contributed by atoms with Crippen molar-refractivity contribution in [3.05, 3.63) is 35.1 Å². The number of hydrogen-bond acceptors (Lipinski definition) is 5. The minimum absolute atomic E-state index is 0.193. The van der Waals surface area contributed by atoms with Gasteiger partial charge in [-0.3, -0.25) is 4.79 Å². The molecule has 0 saturated carbocycles. The highest BCUT2D eigenvalue weighted by atomic mass is 35.5. The average molecular weight is 380 g/mol. The molecule has 1 aromatic heterocycles. The van der Waals surface area contributed by atoms with Crippen LogP contribution in [0.4, 0.5) is 18.9 Å². The molecule has 1 aromatic carbocycles. The van der Waals surface area contributed by atoms with Crippen molar-refractivity contribution in [2.24, 2.45) is 0 Å². The number of ether oxygens (including phenoxy) is 1. The van der Waals surface area contributed by atoms with Crippen LogP contribution in [0.2, 0.25) is 0 Å². The lowest BCUT2D eigenvalue weighted by molar-refractivity contribution is -0.120. The summed E-state index contributed by atoms with van der Waals surface area (Å²) in [7, 11) is 0. The zero-order chi connectivity index (χ0) is 17.9. The molecule has 0 aliphatic rings. The molecule has 0 radical (unpaired) electrons. The Kier molecular flexibility index (Phi) is 5.66. The summed E-state index contributed by atoms with van der Waals surface area (Å²) in [6, 6.07) is 5.18. The SMILES string of the molecule is CC(C)N(C(=O)COc1nnc(C(F)(F)Cl)s1)c1ccc(F)cc1. The zero-order valence-corrected chi connectivity index (χ0v) is 14.2. The van der Waals surface area contributed by atoms with Gasteiger partial charge in [0, 0.05) is 11.7 Å².